The predicted molar refractivity (Wildman–Crippen MR) is 71.4 cm³/mol. The van der Waals surface area contributed by atoms with Crippen molar-refractivity contribution < 1.29 is 9.53 Å². The van der Waals surface area contributed by atoms with Crippen molar-refractivity contribution in [3.8, 4) is 0 Å². The van der Waals surface area contributed by atoms with E-state index < -0.39 is 0 Å². The maximum atomic E-state index is 11.4. The Balaban J connectivity index is 2.30. The Morgan fingerprint density at radius 1 is 1.33 bits per heavy atom. The van der Waals surface area contributed by atoms with Gasteiger partial charge in [-0.05, 0) is 29.9 Å². The van der Waals surface area contributed by atoms with Crippen molar-refractivity contribution in [3.63, 3.8) is 0 Å². The van der Waals surface area contributed by atoms with Gasteiger partial charge in [0.2, 0.25) is 0 Å². The molecule has 1 aliphatic heterocycles. The molecule has 0 radical (unpaired) electrons. The Kier molecular flexibility index (Phi) is 3.60. The zero-order valence-electron chi connectivity index (χ0n) is 11.3. The van der Waals surface area contributed by atoms with Crippen molar-refractivity contribution >= 4 is 6.09 Å². The average molecular weight is 247 g/mol. The Labute approximate surface area is 109 Å². The van der Waals surface area contributed by atoms with E-state index in [9.17, 15) is 4.79 Å². The molecule has 0 aliphatic carbocycles. The van der Waals surface area contributed by atoms with Crippen LogP contribution in [0.4, 0.5) is 4.79 Å². The summed E-state index contributed by atoms with van der Waals surface area (Å²) < 4.78 is 5.13. The van der Waals surface area contributed by atoms with Crippen LogP contribution in [0.3, 0.4) is 0 Å². The van der Waals surface area contributed by atoms with Crippen LogP contribution < -0.4 is 5.32 Å². The number of carbonyl (C=O) groups is 1. The smallest absolute Gasteiger partial charge is 0.408 e. The molecule has 1 fully saturated rings. The topological polar surface area (TPSA) is 38.3 Å². The lowest BCUT2D eigenvalue weighted by atomic mass is 9.83. The van der Waals surface area contributed by atoms with Crippen LogP contribution in [0, 0.1) is 5.92 Å². The summed E-state index contributed by atoms with van der Waals surface area (Å²) in [5.74, 6) is 0.498. The zero-order valence-corrected chi connectivity index (χ0v) is 11.3. The Hall–Kier alpha value is -1.51. The second-order valence-electron chi connectivity index (χ2n) is 5.43. The fourth-order valence-electron chi connectivity index (χ4n) is 2.60. The Morgan fingerprint density at radius 3 is 2.44 bits per heavy atom. The normalized spacial score (nSPS) is 23.0. The molecule has 1 N–H and O–H groups in total. The molecule has 1 unspecified atom stereocenters. The maximum Gasteiger partial charge on any atom is 0.408 e. The predicted octanol–water partition coefficient (Wildman–Crippen LogP) is 3.23. The third-order valence-corrected chi connectivity index (χ3v) is 3.46. The molecule has 3 heteroatoms. The second kappa shape index (κ2) is 5.01. The van der Waals surface area contributed by atoms with E-state index in [4.69, 9.17) is 4.74 Å². The number of hydrogen-bond acceptors (Lipinski definition) is 2. The van der Waals surface area contributed by atoms with Crippen molar-refractivity contribution in [2.45, 2.75) is 39.2 Å². The highest BCUT2D eigenvalue weighted by atomic mass is 16.6. The molecule has 1 aromatic rings. The lowest BCUT2D eigenvalue weighted by molar-refractivity contribution is 0.169. The number of benzene rings is 1. The molecule has 1 atom stereocenters. The zero-order chi connectivity index (χ0) is 13.2. The molecule has 1 amide bonds. The summed E-state index contributed by atoms with van der Waals surface area (Å²) >= 11 is 0. The molecule has 0 bridgehead atoms. The molecular formula is C15H21NO2. The van der Waals surface area contributed by atoms with Gasteiger partial charge in [-0.3, -0.25) is 0 Å². The quantitative estimate of drug-likeness (QED) is 0.887. The minimum Gasteiger partial charge on any atom is -0.447 e. The summed E-state index contributed by atoms with van der Waals surface area (Å²) in [6, 6.07) is 8.47. The minimum atomic E-state index is -0.350. The molecular weight excluding hydrogens is 226 g/mol. The average Bonchev–Trinajstić information content (AvgIpc) is 2.71. The third kappa shape index (κ3) is 2.50. The van der Waals surface area contributed by atoms with E-state index in [0.717, 1.165) is 18.4 Å². The molecule has 98 valence electrons. The molecule has 1 saturated heterocycles. The molecule has 18 heavy (non-hydrogen) atoms. The van der Waals surface area contributed by atoms with E-state index in [1.807, 2.05) is 0 Å². The van der Waals surface area contributed by atoms with Crippen LogP contribution >= 0.6 is 0 Å². The fraction of sp³-hybridized carbons (Fsp3) is 0.533. The van der Waals surface area contributed by atoms with Gasteiger partial charge in [-0.25, -0.2) is 4.79 Å². The summed E-state index contributed by atoms with van der Waals surface area (Å²) in [5.41, 5.74) is 2.10. The van der Waals surface area contributed by atoms with Gasteiger partial charge < -0.3 is 10.1 Å². The molecule has 1 aliphatic rings. The summed E-state index contributed by atoms with van der Waals surface area (Å²) in [6.07, 6.45) is 1.61. The SMILES string of the molecule is CCc1ccc(C2(CC(C)C)COC(=O)N2)cc1. The summed E-state index contributed by atoms with van der Waals surface area (Å²) in [7, 11) is 0. The second-order valence-corrected chi connectivity index (χ2v) is 5.43. The molecule has 0 saturated carbocycles. The van der Waals surface area contributed by atoms with Crippen molar-refractivity contribution in [2.24, 2.45) is 5.92 Å². The van der Waals surface area contributed by atoms with Gasteiger partial charge in [-0.15, -0.1) is 0 Å². The first kappa shape index (κ1) is 12.9. The molecule has 1 heterocycles. The highest BCUT2D eigenvalue weighted by molar-refractivity contribution is 5.71. The van der Waals surface area contributed by atoms with E-state index in [2.05, 4.69) is 50.4 Å². The lowest BCUT2D eigenvalue weighted by Crippen LogP contribution is -2.41. The number of carbonyl (C=O) groups excluding carboxylic acids is 1. The van der Waals surface area contributed by atoms with Gasteiger partial charge in [0.15, 0.2) is 0 Å². The van der Waals surface area contributed by atoms with Crippen molar-refractivity contribution in [1.82, 2.24) is 5.32 Å². The van der Waals surface area contributed by atoms with Crippen molar-refractivity contribution in [3.05, 3.63) is 35.4 Å². The van der Waals surface area contributed by atoms with Crippen molar-refractivity contribution in [1.29, 1.82) is 0 Å². The Morgan fingerprint density at radius 2 is 2.00 bits per heavy atom. The van der Waals surface area contributed by atoms with E-state index in [1.165, 1.54) is 5.56 Å². The number of hydrogen-bond donors (Lipinski definition) is 1. The summed E-state index contributed by atoms with van der Waals surface area (Å²) in [6.45, 7) is 6.88. The first-order valence-electron chi connectivity index (χ1n) is 6.60. The minimum absolute atomic E-state index is 0.310. The monoisotopic (exact) mass is 247 g/mol. The van der Waals surface area contributed by atoms with Gasteiger partial charge >= 0.3 is 6.09 Å². The largest absolute Gasteiger partial charge is 0.447 e. The molecule has 3 nitrogen and oxygen atoms in total. The van der Waals surface area contributed by atoms with Crippen LogP contribution in [0.25, 0.3) is 0 Å². The molecule has 0 aromatic heterocycles. The van der Waals surface area contributed by atoms with Gasteiger partial charge in [0, 0.05) is 0 Å². The highest BCUT2D eigenvalue weighted by Crippen LogP contribution is 2.32. The number of aryl methyl sites for hydroxylation is 1. The van der Waals surface area contributed by atoms with Gasteiger partial charge in [0.05, 0.1) is 0 Å². The van der Waals surface area contributed by atoms with E-state index >= 15 is 0 Å². The van der Waals surface area contributed by atoms with Crippen LogP contribution in [0.2, 0.25) is 0 Å². The maximum absolute atomic E-state index is 11.4. The van der Waals surface area contributed by atoms with E-state index in [-0.39, 0.29) is 11.6 Å². The molecule has 1 aromatic carbocycles. The van der Waals surface area contributed by atoms with Crippen molar-refractivity contribution in [2.75, 3.05) is 6.61 Å². The molecule has 2 rings (SSSR count). The van der Waals surface area contributed by atoms with E-state index in [1.54, 1.807) is 0 Å². The fourth-order valence-corrected chi connectivity index (χ4v) is 2.60. The van der Waals surface area contributed by atoms with Gasteiger partial charge in [0.1, 0.15) is 12.1 Å². The first-order valence-corrected chi connectivity index (χ1v) is 6.60. The van der Waals surface area contributed by atoms with Crippen LogP contribution in [0.1, 0.15) is 38.3 Å². The Bertz CT molecular complexity index is 425. The number of alkyl carbamates (subject to hydrolysis) is 1. The number of rotatable bonds is 4. The third-order valence-electron chi connectivity index (χ3n) is 3.46. The highest BCUT2D eigenvalue weighted by Gasteiger charge is 2.41. The van der Waals surface area contributed by atoms with Crippen LogP contribution in [-0.4, -0.2) is 12.7 Å². The van der Waals surface area contributed by atoms with Crippen LogP contribution in [0.15, 0.2) is 24.3 Å². The standard InChI is InChI=1S/C15H21NO2/c1-4-12-5-7-13(8-6-12)15(9-11(2)3)10-18-14(17)16-15/h5-8,11H,4,9-10H2,1-3H3,(H,16,17). The first-order chi connectivity index (χ1) is 8.55. The number of cyclic esters (lactones) is 1. The number of nitrogens with one attached hydrogen (secondary N) is 1. The summed E-state index contributed by atoms with van der Waals surface area (Å²) in [4.78, 5) is 11.4. The number of amides is 1. The van der Waals surface area contributed by atoms with Crippen LogP contribution in [-0.2, 0) is 16.7 Å². The van der Waals surface area contributed by atoms with Gasteiger partial charge in [-0.1, -0.05) is 45.0 Å². The summed E-state index contributed by atoms with van der Waals surface area (Å²) in [5, 5.41) is 2.99. The number of ether oxygens (including phenoxy) is 1. The van der Waals surface area contributed by atoms with E-state index in [0.29, 0.717) is 12.5 Å². The van der Waals surface area contributed by atoms with Gasteiger partial charge in [-0.2, -0.15) is 0 Å². The van der Waals surface area contributed by atoms with Gasteiger partial charge in [0.25, 0.3) is 0 Å². The van der Waals surface area contributed by atoms with Crippen LogP contribution in [0.5, 0.6) is 0 Å². The molecule has 0 spiro atoms. The lowest BCUT2D eigenvalue weighted by Gasteiger charge is -2.29.